The average molecular weight is 125 g/mol. The predicted octanol–water partition coefficient (Wildman–Crippen LogP) is 0.245. The first-order chi connectivity index (χ1) is 4.11. The summed E-state index contributed by atoms with van der Waals surface area (Å²) in [5, 5.41) is 12.9. The summed E-state index contributed by atoms with van der Waals surface area (Å²) in [6, 6.07) is 0. The molecule has 0 aromatic rings. The normalized spacial score (nSPS) is 17.4. The molecule has 9 heavy (non-hydrogen) atoms. The van der Waals surface area contributed by atoms with Crippen LogP contribution in [0.4, 0.5) is 0 Å². The highest BCUT2D eigenvalue weighted by Gasteiger charge is 2.21. The molecule has 1 aliphatic rings. The van der Waals surface area contributed by atoms with E-state index in [1.54, 1.807) is 26.1 Å². The Morgan fingerprint density at radius 1 is 1.56 bits per heavy atom. The molecule has 0 saturated carbocycles. The van der Waals surface area contributed by atoms with Crippen molar-refractivity contribution in [2.45, 2.75) is 19.4 Å². The van der Waals surface area contributed by atoms with Gasteiger partial charge < -0.3 is 5.11 Å². The van der Waals surface area contributed by atoms with E-state index in [2.05, 4.69) is 10.5 Å². The van der Waals surface area contributed by atoms with Crippen molar-refractivity contribution in [2.75, 3.05) is 0 Å². The van der Waals surface area contributed by atoms with Gasteiger partial charge >= 0.3 is 0 Å². The molecule has 1 N–H and O–H groups in total. The molecule has 0 unspecified atom stereocenters. The van der Waals surface area contributed by atoms with Gasteiger partial charge in [0.1, 0.15) is 5.60 Å². The van der Waals surface area contributed by atoms with Crippen molar-refractivity contribution in [2.24, 2.45) is 5.10 Å². The number of nitrogens with zero attached hydrogens (tertiary/aromatic N) is 2. The van der Waals surface area contributed by atoms with Crippen LogP contribution in [-0.2, 0) is 0 Å². The minimum absolute atomic E-state index is 0.613. The topological polar surface area (TPSA) is 46.7 Å². The van der Waals surface area contributed by atoms with E-state index in [1.165, 1.54) is 0 Å². The molecule has 0 atom stereocenters. The SMILES string of the molecule is CC(C)(O)C1=CC=N[N]1. The molecule has 3 nitrogen and oxygen atoms in total. The first kappa shape index (κ1) is 6.29. The minimum atomic E-state index is -0.851. The molecule has 0 spiro atoms. The summed E-state index contributed by atoms with van der Waals surface area (Å²) in [6.07, 6.45) is 3.26. The van der Waals surface area contributed by atoms with Crippen molar-refractivity contribution in [3.8, 4) is 0 Å². The van der Waals surface area contributed by atoms with E-state index < -0.39 is 5.60 Å². The van der Waals surface area contributed by atoms with Crippen molar-refractivity contribution in [1.29, 1.82) is 0 Å². The van der Waals surface area contributed by atoms with E-state index in [-0.39, 0.29) is 0 Å². The number of aliphatic hydroxyl groups is 1. The molecule has 0 fully saturated rings. The third-order valence-corrected chi connectivity index (χ3v) is 1.09. The lowest BCUT2D eigenvalue weighted by Crippen LogP contribution is -2.24. The third-order valence-electron chi connectivity index (χ3n) is 1.09. The van der Waals surface area contributed by atoms with Crippen molar-refractivity contribution in [1.82, 2.24) is 5.43 Å². The Hall–Kier alpha value is -0.830. The molecule has 0 saturated heterocycles. The van der Waals surface area contributed by atoms with Crippen LogP contribution in [0.2, 0.25) is 0 Å². The molecular weight excluding hydrogens is 116 g/mol. The standard InChI is InChI=1S/C6H9N2O/c1-6(2,9)5-3-4-7-8-5/h3-4,9H,1-2H3. The van der Waals surface area contributed by atoms with Gasteiger partial charge in [0.05, 0.1) is 11.9 Å². The van der Waals surface area contributed by atoms with E-state index in [1.807, 2.05) is 0 Å². The Morgan fingerprint density at radius 3 is 2.44 bits per heavy atom. The van der Waals surface area contributed by atoms with Crippen LogP contribution in [0.25, 0.3) is 0 Å². The summed E-state index contributed by atoms with van der Waals surface area (Å²) in [7, 11) is 0. The van der Waals surface area contributed by atoms with Gasteiger partial charge in [-0.15, -0.1) is 0 Å². The molecule has 0 amide bonds. The quantitative estimate of drug-likeness (QED) is 0.536. The van der Waals surface area contributed by atoms with Crippen LogP contribution in [-0.4, -0.2) is 16.9 Å². The number of hydrogen-bond donors (Lipinski definition) is 1. The molecule has 1 radical (unpaired) electrons. The summed E-state index contributed by atoms with van der Waals surface area (Å²) < 4.78 is 0. The molecule has 0 aromatic heterocycles. The highest BCUT2D eigenvalue weighted by atomic mass is 16.3. The molecular formula is C6H9N2O. The van der Waals surface area contributed by atoms with Gasteiger partial charge in [0.2, 0.25) is 0 Å². The van der Waals surface area contributed by atoms with E-state index in [4.69, 9.17) is 0 Å². The molecule has 1 heterocycles. The monoisotopic (exact) mass is 125 g/mol. The van der Waals surface area contributed by atoms with Gasteiger partial charge in [-0.05, 0) is 19.9 Å². The molecule has 1 rings (SSSR count). The fraction of sp³-hybridized carbons (Fsp3) is 0.500. The third kappa shape index (κ3) is 1.29. The van der Waals surface area contributed by atoms with Crippen molar-refractivity contribution in [3.05, 3.63) is 11.8 Å². The summed E-state index contributed by atoms with van der Waals surface area (Å²) in [5.74, 6) is 0. The fourth-order valence-corrected chi connectivity index (χ4v) is 0.559. The Balaban J connectivity index is 2.66. The Labute approximate surface area is 54.1 Å². The van der Waals surface area contributed by atoms with Crippen LogP contribution in [0.3, 0.4) is 0 Å². The maximum absolute atomic E-state index is 9.28. The van der Waals surface area contributed by atoms with Crippen molar-refractivity contribution < 1.29 is 5.11 Å². The highest BCUT2D eigenvalue weighted by molar-refractivity contribution is 5.74. The van der Waals surface area contributed by atoms with Gasteiger partial charge in [0.25, 0.3) is 0 Å². The van der Waals surface area contributed by atoms with Gasteiger partial charge in [0.15, 0.2) is 0 Å². The Bertz CT molecular complexity index is 164. The lowest BCUT2D eigenvalue weighted by atomic mass is 10.1. The van der Waals surface area contributed by atoms with Crippen molar-refractivity contribution in [3.63, 3.8) is 0 Å². The van der Waals surface area contributed by atoms with Gasteiger partial charge in [-0.1, -0.05) is 0 Å². The minimum Gasteiger partial charge on any atom is -0.384 e. The predicted molar refractivity (Wildman–Crippen MR) is 35.0 cm³/mol. The first-order valence-electron chi connectivity index (χ1n) is 2.78. The largest absolute Gasteiger partial charge is 0.384 e. The zero-order valence-corrected chi connectivity index (χ0v) is 5.50. The summed E-state index contributed by atoms with van der Waals surface area (Å²) in [5.41, 5.74) is 3.45. The lowest BCUT2D eigenvalue weighted by molar-refractivity contribution is 0.112. The average Bonchev–Trinajstić information content (AvgIpc) is 2.08. The van der Waals surface area contributed by atoms with Crippen LogP contribution in [0.1, 0.15) is 13.8 Å². The smallest absolute Gasteiger partial charge is 0.103 e. The summed E-state index contributed by atoms with van der Waals surface area (Å²) in [4.78, 5) is 0. The zero-order chi connectivity index (χ0) is 6.91. The van der Waals surface area contributed by atoms with Gasteiger partial charge in [-0.3, -0.25) is 0 Å². The molecule has 0 bridgehead atoms. The number of rotatable bonds is 1. The molecule has 49 valence electrons. The molecule has 0 aliphatic carbocycles. The van der Waals surface area contributed by atoms with E-state index >= 15 is 0 Å². The number of hydrogen-bond acceptors (Lipinski definition) is 2. The Kier molecular flexibility index (Phi) is 1.29. The van der Waals surface area contributed by atoms with E-state index in [0.29, 0.717) is 5.70 Å². The van der Waals surface area contributed by atoms with E-state index in [9.17, 15) is 5.11 Å². The van der Waals surface area contributed by atoms with Crippen molar-refractivity contribution >= 4 is 6.21 Å². The summed E-state index contributed by atoms with van der Waals surface area (Å²) >= 11 is 0. The van der Waals surface area contributed by atoms with Gasteiger partial charge in [0, 0.05) is 0 Å². The Morgan fingerprint density at radius 2 is 2.22 bits per heavy atom. The maximum atomic E-state index is 9.28. The van der Waals surface area contributed by atoms with Gasteiger partial charge in [-0.25, -0.2) is 0 Å². The fourth-order valence-electron chi connectivity index (χ4n) is 0.559. The second kappa shape index (κ2) is 1.84. The van der Waals surface area contributed by atoms with Crippen LogP contribution < -0.4 is 5.43 Å². The van der Waals surface area contributed by atoms with E-state index in [0.717, 1.165) is 0 Å². The second-order valence-electron chi connectivity index (χ2n) is 2.48. The van der Waals surface area contributed by atoms with Crippen LogP contribution in [0.5, 0.6) is 0 Å². The van der Waals surface area contributed by atoms with Gasteiger partial charge in [-0.2, -0.15) is 10.5 Å². The summed E-state index contributed by atoms with van der Waals surface area (Å²) in [6.45, 7) is 3.36. The van der Waals surface area contributed by atoms with Crippen LogP contribution >= 0.6 is 0 Å². The first-order valence-corrected chi connectivity index (χ1v) is 2.78. The molecule has 3 heteroatoms. The highest BCUT2D eigenvalue weighted by Crippen LogP contribution is 2.14. The number of allylic oxidation sites excluding steroid dienone is 1. The second-order valence-corrected chi connectivity index (χ2v) is 2.48. The molecule has 0 aromatic carbocycles. The van der Waals surface area contributed by atoms with Crippen LogP contribution in [0.15, 0.2) is 16.9 Å². The zero-order valence-electron chi connectivity index (χ0n) is 5.50. The maximum Gasteiger partial charge on any atom is 0.103 e. The lowest BCUT2D eigenvalue weighted by Gasteiger charge is -2.15. The molecule has 1 aliphatic heterocycles. The van der Waals surface area contributed by atoms with Crippen LogP contribution in [0, 0.1) is 0 Å².